The van der Waals surface area contributed by atoms with Crippen molar-refractivity contribution in [3.63, 3.8) is 0 Å². The maximum atomic E-state index is 13.3. The SMILES string of the molecule is O=C(NCc1cccnc1Oc1cccc(F)c1)c1cc2ccccc2o1. The monoisotopic (exact) mass is 362 g/mol. The summed E-state index contributed by atoms with van der Waals surface area (Å²) in [6.45, 7) is 0.189. The van der Waals surface area contributed by atoms with Gasteiger partial charge in [-0.25, -0.2) is 9.37 Å². The third kappa shape index (κ3) is 3.79. The molecule has 0 fully saturated rings. The lowest BCUT2D eigenvalue weighted by atomic mass is 10.2. The van der Waals surface area contributed by atoms with Gasteiger partial charge in [0.2, 0.25) is 5.88 Å². The number of para-hydroxylation sites is 1. The van der Waals surface area contributed by atoms with Crippen LogP contribution in [0.1, 0.15) is 16.1 Å². The summed E-state index contributed by atoms with van der Waals surface area (Å²) in [4.78, 5) is 16.6. The first-order valence-corrected chi connectivity index (χ1v) is 8.33. The van der Waals surface area contributed by atoms with Gasteiger partial charge in [-0.1, -0.05) is 30.3 Å². The number of nitrogens with zero attached hydrogens (tertiary/aromatic N) is 1. The number of carbonyl (C=O) groups excluding carboxylic acids is 1. The van der Waals surface area contributed by atoms with Gasteiger partial charge in [0, 0.05) is 29.8 Å². The molecule has 0 radical (unpaired) electrons. The van der Waals surface area contributed by atoms with Gasteiger partial charge in [0.15, 0.2) is 5.76 Å². The Morgan fingerprint density at radius 2 is 1.96 bits per heavy atom. The van der Waals surface area contributed by atoms with Crippen molar-refractivity contribution in [1.82, 2.24) is 10.3 Å². The Morgan fingerprint density at radius 3 is 2.81 bits per heavy atom. The minimum Gasteiger partial charge on any atom is -0.451 e. The highest BCUT2D eigenvalue weighted by Crippen LogP contribution is 2.24. The third-order valence-electron chi connectivity index (χ3n) is 3.95. The number of nitrogens with one attached hydrogen (secondary N) is 1. The predicted molar refractivity (Wildman–Crippen MR) is 98.1 cm³/mol. The molecule has 4 aromatic rings. The summed E-state index contributed by atoms with van der Waals surface area (Å²) in [6, 6.07) is 18.4. The molecule has 27 heavy (non-hydrogen) atoms. The Balaban J connectivity index is 1.48. The Kier molecular flexibility index (Phi) is 4.53. The highest BCUT2D eigenvalue weighted by molar-refractivity contribution is 5.96. The highest BCUT2D eigenvalue weighted by Gasteiger charge is 2.13. The minimum atomic E-state index is -0.400. The molecule has 2 aromatic carbocycles. The summed E-state index contributed by atoms with van der Waals surface area (Å²) in [5.41, 5.74) is 1.31. The van der Waals surface area contributed by atoms with Gasteiger partial charge in [0.05, 0.1) is 0 Å². The lowest BCUT2D eigenvalue weighted by molar-refractivity contribution is 0.0925. The van der Waals surface area contributed by atoms with Crippen molar-refractivity contribution in [1.29, 1.82) is 0 Å². The summed E-state index contributed by atoms with van der Waals surface area (Å²) in [7, 11) is 0. The second-order valence-electron chi connectivity index (χ2n) is 5.86. The van der Waals surface area contributed by atoms with Crippen LogP contribution in [0.25, 0.3) is 11.0 Å². The van der Waals surface area contributed by atoms with E-state index in [1.165, 1.54) is 12.1 Å². The van der Waals surface area contributed by atoms with Crippen LogP contribution in [0.3, 0.4) is 0 Å². The molecule has 6 heteroatoms. The van der Waals surface area contributed by atoms with Crippen LogP contribution >= 0.6 is 0 Å². The first kappa shape index (κ1) is 16.8. The van der Waals surface area contributed by atoms with E-state index >= 15 is 0 Å². The average Bonchev–Trinajstić information content (AvgIpc) is 3.11. The largest absolute Gasteiger partial charge is 0.451 e. The number of furan rings is 1. The normalized spacial score (nSPS) is 10.7. The molecular weight excluding hydrogens is 347 g/mol. The van der Waals surface area contributed by atoms with E-state index in [9.17, 15) is 9.18 Å². The maximum Gasteiger partial charge on any atom is 0.287 e. The highest BCUT2D eigenvalue weighted by atomic mass is 19.1. The molecule has 0 atom stereocenters. The van der Waals surface area contributed by atoms with Crippen LogP contribution in [0.5, 0.6) is 11.6 Å². The quantitative estimate of drug-likeness (QED) is 0.559. The van der Waals surface area contributed by atoms with Crippen LogP contribution < -0.4 is 10.1 Å². The summed E-state index contributed by atoms with van der Waals surface area (Å²) >= 11 is 0. The molecule has 2 aromatic heterocycles. The molecule has 134 valence electrons. The molecule has 1 N–H and O–H groups in total. The molecule has 0 bridgehead atoms. The van der Waals surface area contributed by atoms with Gasteiger partial charge in [-0.05, 0) is 30.3 Å². The second kappa shape index (κ2) is 7.29. The van der Waals surface area contributed by atoms with Gasteiger partial charge in [-0.3, -0.25) is 4.79 Å². The lowest BCUT2D eigenvalue weighted by Crippen LogP contribution is -2.22. The topological polar surface area (TPSA) is 64.4 Å². The van der Waals surface area contributed by atoms with E-state index in [0.29, 0.717) is 22.8 Å². The Labute approximate surface area is 154 Å². The summed E-state index contributed by atoms with van der Waals surface area (Å²) in [5, 5.41) is 3.65. The summed E-state index contributed by atoms with van der Waals surface area (Å²) in [5.74, 6) is 0.120. The fourth-order valence-electron chi connectivity index (χ4n) is 2.65. The van der Waals surface area contributed by atoms with Crippen LogP contribution in [-0.2, 0) is 6.54 Å². The molecule has 0 aliphatic rings. The molecule has 0 saturated heterocycles. The number of benzene rings is 2. The summed E-state index contributed by atoms with van der Waals surface area (Å²) in [6.07, 6.45) is 1.57. The molecule has 0 spiro atoms. The smallest absolute Gasteiger partial charge is 0.287 e. The van der Waals surface area contributed by atoms with Gasteiger partial charge < -0.3 is 14.5 Å². The van der Waals surface area contributed by atoms with E-state index in [1.807, 2.05) is 18.2 Å². The van der Waals surface area contributed by atoms with Crippen LogP contribution in [0.4, 0.5) is 4.39 Å². The van der Waals surface area contributed by atoms with Crippen molar-refractivity contribution in [2.45, 2.75) is 6.54 Å². The first-order chi connectivity index (χ1) is 13.2. The molecule has 0 aliphatic heterocycles. The van der Waals surface area contributed by atoms with E-state index in [4.69, 9.17) is 9.15 Å². The van der Waals surface area contributed by atoms with Gasteiger partial charge in [0.25, 0.3) is 5.91 Å². The third-order valence-corrected chi connectivity index (χ3v) is 3.95. The maximum absolute atomic E-state index is 13.3. The van der Waals surface area contributed by atoms with Gasteiger partial charge in [-0.15, -0.1) is 0 Å². The molecular formula is C21H15FN2O3. The fraction of sp³-hybridized carbons (Fsp3) is 0.0476. The first-order valence-electron chi connectivity index (χ1n) is 8.33. The molecule has 4 rings (SSSR count). The van der Waals surface area contributed by atoms with Crippen molar-refractivity contribution in [2.75, 3.05) is 0 Å². The van der Waals surface area contributed by atoms with E-state index < -0.39 is 5.82 Å². The fourth-order valence-corrected chi connectivity index (χ4v) is 2.65. The number of fused-ring (bicyclic) bond motifs is 1. The number of ether oxygens (including phenoxy) is 1. The number of halogens is 1. The van der Waals surface area contributed by atoms with Crippen molar-refractivity contribution >= 4 is 16.9 Å². The van der Waals surface area contributed by atoms with Crippen molar-refractivity contribution < 1.29 is 18.3 Å². The van der Waals surface area contributed by atoms with Crippen molar-refractivity contribution in [3.05, 3.63) is 90.1 Å². The zero-order valence-electron chi connectivity index (χ0n) is 14.2. The number of carbonyl (C=O) groups is 1. The van der Waals surface area contributed by atoms with E-state index in [1.54, 1.807) is 42.6 Å². The number of amides is 1. The Morgan fingerprint density at radius 1 is 1.07 bits per heavy atom. The Hall–Kier alpha value is -3.67. The number of hydrogen-bond acceptors (Lipinski definition) is 4. The van der Waals surface area contributed by atoms with E-state index in [-0.39, 0.29) is 18.2 Å². The number of pyridine rings is 1. The van der Waals surface area contributed by atoms with Gasteiger partial charge in [0.1, 0.15) is 17.1 Å². The second-order valence-corrected chi connectivity index (χ2v) is 5.86. The van der Waals surface area contributed by atoms with E-state index in [2.05, 4.69) is 10.3 Å². The number of rotatable bonds is 5. The van der Waals surface area contributed by atoms with Crippen LogP contribution in [0.15, 0.2) is 77.3 Å². The Bertz CT molecular complexity index is 1070. The van der Waals surface area contributed by atoms with Crippen LogP contribution in [-0.4, -0.2) is 10.9 Å². The van der Waals surface area contributed by atoms with E-state index in [0.717, 1.165) is 5.39 Å². The molecule has 5 nitrogen and oxygen atoms in total. The molecule has 0 saturated carbocycles. The molecule has 0 unspecified atom stereocenters. The molecule has 0 aliphatic carbocycles. The zero-order valence-corrected chi connectivity index (χ0v) is 14.2. The average molecular weight is 362 g/mol. The summed E-state index contributed by atoms with van der Waals surface area (Å²) < 4.78 is 24.5. The molecule has 1 amide bonds. The van der Waals surface area contributed by atoms with Crippen molar-refractivity contribution in [3.8, 4) is 11.6 Å². The lowest BCUT2D eigenvalue weighted by Gasteiger charge is -2.10. The van der Waals surface area contributed by atoms with Crippen LogP contribution in [0.2, 0.25) is 0 Å². The standard InChI is InChI=1S/C21H15FN2O3/c22-16-7-3-8-17(12-16)26-21-15(6-4-10-23-21)13-24-20(25)19-11-14-5-1-2-9-18(14)27-19/h1-12H,13H2,(H,24,25). The minimum absolute atomic E-state index is 0.189. The van der Waals surface area contributed by atoms with Crippen molar-refractivity contribution in [2.24, 2.45) is 0 Å². The van der Waals surface area contributed by atoms with Crippen LogP contribution in [0, 0.1) is 5.82 Å². The van der Waals surface area contributed by atoms with Gasteiger partial charge in [-0.2, -0.15) is 0 Å². The molecule has 2 heterocycles. The number of hydrogen-bond donors (Lipinski definition) is 1. The predicted octanol–water partition coefficient (Wildman–Crippen LogP) is 4.69. The zero-order chi connectivity index (χ0) is 18.6. The van der Waals surface area contributed by atoms with Gasteiger partial charge >= 0.3 is 0 Å². The number of aromatic nitrogens is 1.